The summed E-state index contributed by atoms with van der Waals surface area (Å²) in [6.07, 6.45) is 2.76. The number of nitrogens with zero attached hydrogens (tertiary/aromatic N) is 2. The van der Waals surface area contributed by atoms with Crippen LogP contribution in [0.15, 0.2) is 24.3 Å². The van der Waals surface area contributed by atoms with Gasteiger partial charge in [-0.25, -0.2) is 0 Å². The summed E-state index contributed by atoms with van der Waals surface area (Å²) in [5.74, 6) is 0.165. The number of ether oxygens (including phenoxy) is 1. The molecule has 5 nitrogen and oxygen atoms in total. The lowest BCUT2D eigenvalue weighted by atomic mass is 10.1. The Kier molecular flexibility index (Phi) is 6.10. The largest absolute Gasteiger partial charge is 0.373 e. The molecule has 25 heavy (non-hydrogen) atoms. The number of hydrogen-bond donors (Lipinski definition) is 1. The number of hydrogen-bond acceptors (Lipinski definition) is 4. The minimum Gasteiger partial charge on any atom is -0.373 e. The van der Waals surface area contributed by atoms with Gasteiger partial charge in [-0.2, -0.15) is 0 Å². The van der Waals surface area contributed by atoms with E-state index in [9.17, 15) is 4.79 Å². The van der Waals surface area contributed by atoms with Crippen LogP contribution >= 0.6 is 0 Å². The average molecular weight is 345 g/mol. The van der Waals surface area contributed by atoms with Crippen molar-refractivity contribution in [1.29, 1.82) is 0 Å². The summed E-state index contributed by atoms with van der Waals surface area (Å²) in [6, 6.07) is 8.50. The smallest absolute Gasteiger partial charge is 0.254 e. The van der Waals surface area contributed by atoms with Crippen molar-refractivity contribution in [1.82, 2.24) is 15.1 Å². The van der Waals surface area contributed by atoms with E-state index >= 15 is 0 Å². The van der Waals surface area contributed by atoms with Gasteiger partial charge >= 0.3 is 0 Å². The standard InChI is InChI=1S/C20H31N3O2/c1-15-12-22(13-16(2)25-15)14-17-6-8-18(9-7-17)20(24)23-10-4-5-19(23)11-21-3/h6-9,15-16,19,21H,4-5,10-14H2,1-3H3/t15-,16+,19-/m0/s1. The van der Waals surface area contributed by atoms with Crippen molar-refractivity contribution in [2.75, 3.05) is 33.2 Å². The highest BCUT2D eigenvalue weighted by Gasteiger charge is 2.28. The molecule has 0 spiro atoms. The maximum absolute atomic E-state index is 12.8. The Bertz CT molecular complexity index is 565. The number of rotatable bonds is 5. The molecule has 2 aliphatic rings. The normalized spacial score (nSPS) is 27.6. The zero-order valence-corrected chi connectivity index (χ0v) is 15.7. The van der Waals surface area contributed by atoms with Gasteiger partial charge in [-0.1, -0.05) is 12.1 Å². The Labute approximate surface area is 151 Å². The van der Waals surface area contributed by atoms with Gasteiger partial charge in [0.15, 0.2) is 0 Å². The highest BCUT2D eigenvalue weighted by molar-refractivity contribution is 5.94. The van der Waals surface area contributed by atoms with E-state index in [0.717, 1.165) is 51.1 Å². The minimum atomic E-state index is 0.165. The van der Waals surface area contributed by atoms with Crippen LogP contribution in [-0.2, 0) is 11.3 Å². The molecule has 0 aromatic heterocycles. The Hall–Kier alpha value is -1.43. The fraction of sp³-hybridized carbons (Fsp3) is 0.650. The fourth-order valence-corrected chi connectivity index (χ4v) is 4.14. The highest BCUT2D eigenvalue weighted by Crippen LogP contribution is 2.20. The summed E-state index contributed by atoms with van der Waals surface area (Å²) in [5, 5.41) is 3.20. The molecule has 3 rings (SSSR count). The summed E-state index contributed by atoms with van der Waals surface area (Å²) in [4.78, 5) is 17.2. The number of benzene rings is 1. The van der Waals surface area contributed by atoms with Crippen LogP contribution in [0.2, 0.25) is 0 Å². The molecule has 2 heterocycles. The lowest BCUT2D eigenvalue weighted by Gasteiger charge is -2.35. The number of nitrogens with one attached hydrogen (secondary N) is 1. The molecule has 1 amide bonds. The first kappa shape index (κ1) is 18.4. The van der Waals surface area contributed by atoms with Crippen LogP contribution in [0.1, 0.15) is 42.6 Å². The van der Waals surface area contributed by atoms with E-state index in [1.165, 1.54) is 5.56 Å². The average Bonchev–Trinajstić information content (AvgIpc) is 3.02. The molecule has 3 atom stereocenters. The molecule has 2 fully saturated rings. The van der Waals surface area contributed by atoms with E-state index in [2.05, 4.69) is 36.2 Å². The predicted molar refractivity (Wildman–Crippen MR) is 99.7 cm³/mol. The quantitative estimate of drug-likeness (QED) is 0.888. The molecule has 0 bridgehead atoms. The van der Waals surface area contributed by atoms with Gasteiger partial charge < -0.3 is 15.0 Å². The third-order valence-corrected chi connectivity index (χ3v) is 5.18. The molecule has 0 aliphatic carbocycles. The molecule has 2 aliphatic heterocycles. The summed E-state index contributed by atoms with van der Waals surface area (Å²) in [6.45, 7) is 8.84. The maximum Gasteiger partial charge on any atom is 0.254 e. The van der Waals surface area contributed by atoms with E-state index in [0.29, 0.717) is 6.04 Å². The third-order valence-electron chi connectivity index (χ3n) is 5.18. The lowest BCUT2D eigenvalue weighted by Crippen LogP contribution is -2.44. The highest BCUT2D eigenvalue weighted by atomic mass is 16.5. The van der Waals surface area contributed by atoms with Gasteiger partial charge in [-0.15, -0.1) is 0 Å². The molecule has 1 N–H and O–H groups in total. The van der Waals surface area contributed by atoms with Crippen molar-refractivity contribution >= 4 is 5.91 Å². The maximum atomic E-state index is 12.8. The third kappa shape index (κ3) is 4.60. The molecule has 1 aromatic rings. The molecule has 0 unspecified atom stereocenters. The topological polar surface area (TPSA) is 44.8 Å². The molecule has 138 valence electrons. The van der Waals surface area contributed by atoms with Gasteiger partial charge in [0.05, 0.1) is 12.2 Å². The van der Waals surface area contributed by atoms with Gasteiger partial charge in [-0.05, 0) is 51.4 Å². The fourth-order valence-electron chi connectivity index (χ4n) is 4.14. The van der Waals surface area contributed by atoms with Gasteiger partial charge in [0.2, 0.25) is 0 Å². The van der Waals surface area contributed by atoms with Crippen molar-refractivity contribution in [2.45, 2.75) is 51.5 Å². The number of carbonyl (C=O) groups is 1. The first-order chi connectivity index (χ1) is 12.1. The van der Waals surface area contributed by atoms with Crippen molar-refractivity contribution in [3.63, 3.8) is 0 Å². The molecule has 0 saturated carbocycles. The van der Waals surface area contributed by atoms with Crippen LogP contribution in [0.3, 0.4) is 0 Å². The van der Waals surface area contributed by atoms with Crippen LogP contribution in [0.4, 0.5) is 0 Å². The number of amides is 1. The molecular formula is C20H31N3O2. The summed E-state index contributed by atoms with van der Waals surface area (Å²) in [5.41, 5.74) is 2.06. The monoisotopic (exact) mass is 345 g/mol. The van der Waals surface area contributed by atoms with Gasteiger partial charge in [0.25, 0.3) is 5.91 Å². The second-order valence-corrected chi connectivity index (χ2v) is 7.50. The number of morpholine rings is 1. The Balaban J connectivity index is 1.61. The summed E-state index contributed by atoms with van der Waals surface area (Å²) >= 11 is 0. The number of likely N-dealkylation sites (N-methyl/N-ethyl adjacent to an activating group) is 1. The summed E-state index contributed by atoms with van der Waals surface area (Å²) in [7, 11) is 1.95. The van der Waals surface area contributed by atoms with Crippen molar-refractivity contribution in [3.05, 3.63) is 35.4 Å². The zero-order valence-electron chi connectivity index (χ0n) is 15.7. The van der Waals surface area contributed by atoms with Crippen LogP contribution in [0, 0.1) is 0 Å². The van der Waals surface area contributed by atoms with Crippen molar-refractivity contribution in [3.8, 4) is 0 Å². The molecule has 1 aromatic carbocycles. The molecule has 5 heteroatoms. The first-order valence-corrected chi connectivity index (χ1v) is 9.49. The number of likely N-dealkylation sites (tertiary alicyclic amines) is 1. The van der Waals surface area contributed by atoms with E-state index in [4.69, 9.17) is 4.74 Å². The Morgan fingerprint density at radius 1 is 1.20 bits per heavy atom. The first-order valence-electron chi connectivity index (χ1n) is 9.49. The van der Waals surface area contributed by atoms with E-state index in [1.54, 1.807) is 0 Å². The van der Waals surface area contributed by atoms with E-state index in [1.807, 2.05) is 24.1 Å². The predicted octanol–water partition coefficient (Wildman–Crippen LogP) is 2.12. The van der Waals surface area contributed by atoms with Gasteiger partial charge in [0.1, 0.15) is 0 Å². The lowest BCUT2D eigenvalue weighted by molar-refractivity contribution is -0.0704. The van der Waals surface area contributed by atoms with Gasteiger partial charge in [0, 0.05) is 44.3 Å². The Morgan fingerprint density at radius 2 is 1.88 bits per heavy atom. The van der Waals surface area contributed by atoms with E-state index in [-0.39, 0.29) is 18.1 Å². The van der Waals surface area contributed by atoms with Crippen molar-refractivity contribution in [2.24, 2.45) is 0 Å². The zero-order chi connectivity index (χ0) is 17.8. The van der Waals surface area contributed by atoms with Crippen molar-refractivity contribution < 1.29 is 9.53 Å². The second kappa shape index (κ2) is 8.30. The van der Waals surface area contributed by atoms with E-state index < -0.39 is 0 Å². The van der Waals surface area contributed by atoms with Crippen LogP contribution < -0.4 is 5.32 Å². The molecular weight excluding hydrogens is 314 g/mol. The van der Waals surface area contributed by atoms with Gasteiger partial charge in [-0.3, -0.25) is 9.69 Å². The minimum absolute atomic E-state index is 0.165. The number of carbonyl (C=O) groups excluding carboxylic acids is 1. The second-order valence-electron chi connectivity index (χ2n) is 7.50. The van der Waals surface area contributed by atoms with Crippen LogP contribution in [0.25, 0.3) is 0 Å². The van der Waals surface area contributed by atoms with Crippen LogP contribution in [-0.4, -0.2) is 67.2 Å². The molecule has 2 saturated heterocycles. The van der Waals surface area contributed by atoms with Crippen LogP contribution in [0.5, 0.6) is 0 Å². The summed E-state index contributed by atoms with van der Waals surface area (Å²) < 4.78 is 5.79. The molecule has 0 radical (unpaired) electrons. The SMILES string of the molecule is CNC[C@@H]1CCCN1C(=O)c1ccc(CN2C[C@@H](C)O[C@@H](C)C2)cc1. The Morgan fingerprint density at radius 3 is 2.52 bits per heavy atom.